The van der Waals surface area contributed by atoms with Crippen molar-refractivity contribution >= 4 is 11.4 Å². The standard InChI is InChI=1S/C22H26N2.C5H10.2CH3.Os/c1-17-7-3-6-10-22(17)24-16-15-23(18(24)2)21-13-11-20(12-14-21)19-8-4-5-9-19;1-2-4-5-3-1;;;/h3,6-7,10-16,18-19H,4-5,8-9H2,1-2H3;1-5H2;2*1H3;/q;;2*-1;+2/t18-;;;;/m0..../s1. The van der Waals surface area contributed by atoms with Crippen LogP contribution in [-0.2, 0) is 19.8 Å². The largest absolute Gasteiger partial charge is 2.00 e. The Bertz CT molecular complexity index is 797. The third kappa shape index (κ3) is 6.71. The van der Waals surface area contributed by atoms with Gasteiger partial charge in [0, 0.05) is 23.8 Å². The first-order valence-corrected chi connectivity index (χ1v) is 11.6. The molecular formula is C29H42N2Os. The number of para-hydroxylation sites is 1. The maximum absolute atomic E-state index is 2.35. The maximum atomic E-state index is 2.35. The van der Waals surface area contributed by atoms with Gasteiger partial charge in [-0.05, 0) is 61.9 Å². The van der Waals surface area contributed by atoms with Crippen molar-refractivity contribution < 1.29 is 19.8 Å². The number of hydrogen-bond donors (Lipinski definition) is 0. The fourth-order valence-electron chi connectivity index (χ4n) is 5.02. The zero-order valence-electron chi connectivity index (χ0n) is 20.5. The van der Waals surface area contributed by atoms with Gasteiger partial charge in [-0.1, -0.05) is 75.3 Å². The molecule has 2 aromatic carbocycles. The predicted molar refractivity (Wildman–Crippen MR) is 138 cm³/mol. The van der Waals surface area contributed by atoms with Crippen molar-refractivity contribution in [1.82, 2.24) is 0 Å². The van der Waals surface area contributed by atoms with E-state index in [1.165, 1.54) is 80.3 Å². The molecule has 2 saturated carbocycles. The fourth-order valence-corrected chi connectivity index (χ4v) is 5.02. The van der Waals surface area contributed by atoms with Crippen LogP contribution in [-0.4, -0.2) is 6.17 Å². The molecule has 0 spiro atoms. The Morgan fingerprint density at radius 3 is 1.78 bits per heavy atom. The average Bonchev–Trinajstić information content (AvgIpc) is 3.53. The summed E-state index contributed by atoms with van der Waals surface area (Å²) in [6.45, 7) is 4.44. The van der Waals surface area contributed by atoms with Crippen molar-refractivity contribution in [2.45, 2.75) is 83.7 Å². The van der Waals surface area contributed by atoms with Crippen LogP contribution in [0.2, 0.25) is 0 Å². The first-order chi connectivity index (χ1) is 14.2. The molecule has 0 saturated heterocycles. The summed E-state index contributed by atoms with van der Waals surface area (Å²) in [5, 5.41) is 0. The van der Waals surface area contributed by atoms with Crippen LogP contribution in [0.4, 0.5) is 11.4 Å². The summed E-state index contributed by atoms with van der Waals surface area (Å²) >= 11 is 0. The second-order valence-corrected chi connectivity index (χ2v) is 8.87. The number of benzene rings is 2. The van der Waals surface area contributed by atoms with E-state index in [4.69, 9.17) is 0 Å². The second kappa shape index (κ2) is 13.8. The molecule has 3 heteroatoms. The van der Waals surface area contributed by atoms with Gasteiger partial charge in [0.1, 0.15) is 6.17 Å². The summed E-state index contributed by atoms with van der Waals surface area (Å²) in [5.74, 6) is 0.786. The van der Waals surface area contributed by atoms with E-state index in [2.05, 4.69) is 84.6 Å². The van der Waals surface area contributed by atoms with E-state index in [0.717, 1.165) is 5.92 Å². The van der Waals surface area contributed by atoms with Gasteiger partial charge in [0.05, 0.1) is 0 Å². The van der Waals surface area contributed by atoms with Gasteiger partial charge >= 0.3 is 19.8 Å². The first-order valence-electron chi connectivity index (χ1n) is 11.6. The molecular weight excluding hydrogens is 567 g/mol. The average molecular weight is 609 g/mol. The summed E-state index contributed by atoms with van der Waals surface area (Å²) in [6.07, 6.45) is 17.7. The molecule has 3 aliphatic rings. The Balaban J connectivity index is 0.000000570. The molecule has 0 N–H and O–H groups in total. The third-order valence-electron chi connectivity index (χ3n) is 6.85. The molecule has 2 aliphatic carbocycles. The van der Waals surface area contributed by atoms with Crippen molar-refractivity contribution in [3.05, 3.63) is 86.9 Å². The van der Waals surface area contributed by atoms with Crippen LogP contribution in [0.25, 0.3) is 0 Å². The molecule has 176 valence electrons. The van der Waals surface area contributed by atoms with Gasteiger partial charge < -0.3 is 24.7 Å². The number of rotatable bonds is 3. The van der Waals surface area contributed by atoms with Crippen LogP contribution in [0.1, 0.15) is 81.8 Å². The van der Waals surface area contributed by atoms with Crippen LogP contribution in [0.3, 0.4) is 0 Å². The van der Waals surface area contributed by atoms with E-state index in [1.807, 2.05) is 0 Å². The summed E-state index contributed by atoms with van der Waals surface area (Å²) in [7, 11) is 0. The number of anilines is 2. The van der Waals surface area contributed by atoms with E-state index in [0.29, 0.717) is 6.17 Å². The molecule has 1 aliphatic heterocycles. The third-order valence-corrected chi connectivity index (χ3v) is 6.85. The molecule has 2 nitrogen and oxygen atoms in total. The summed E-state index contributed by atoms with van der Waals surface area (Å²) in [4.78, 5) is 4.70. The SMILES string of the molecule is C1CCCC1.Cc1ccccc1N1C=CN(c2ccc(C3CCCC3)cc2)[C@@H]1C.[CH3-].[CH3-].[Os+2]. The van der Waals surface area contributed by atoms with Crippen LogP contribution in [0.15, 0.2) is 60.9 Å². The van der Waals surface area contributed by atoms with Gasteiger partial charge in [-0.25, -0.2) is 0 Å². The van der Waals surface area contributed by atoms with Gasteiger partial charge in [0.25, 0.3) is 0 Å². The van der Waals surface area contributed by atoms with Crippen molar-refractivity contribution in [3.63, 3.8) is 0 Å². The van der Waals surface area contributed by atoms with E-state index < -0.39 is 0 Å². The molecule has 2 fully saturated rings. The van der Waals surface area contributed by atoms with Crippen LogP contribution in [0, 0.1) is 21.8 Å². The second-order valence-electron chi connectivity index (χ2n) is 8.87. The van der Waals surface area contributed by atoms with Gasteiger partial charge in [-0.3, -0.25) is 0 Å². The van der Waals surface area contributed by atoms with Crippen molar-refractivity contribution in [2.75, 3.05) is 9.80 Å². The number of hydrogen-bond acceptors (Lipinski definition) is 2. The number of nitrogens with zero attached hydrogens (tertiary/aromatic N) is 2. The summed E-state index contributed by atoms with van der Waals surface area (Å²) in [5.41, 5.74) is 5.39. The Morgan fingerprint density at radius 1 is 0.688 bits per heavy atom. The Kier molecular flexibility index (Phi) is 12.3. The van der Waals surface area contributed by atoms with Crippen LogP contribution >= 0.6 is 0 Å². The van der Waals surface area contributed by atoms with E-state index in [1.54, 1.807) is 0 Å². The monoisotopic (exact) mass is 610 g/mol. The van der Waals surface area contributed by atoms with Crippen LogP contribution < -0.4 is 9.80 Å². The molecule has 0 amide bonds. The zero-order valence-corrected chi connectivity index (χ0v) is 23.1. The minimum atomic E-state index is 0. The predicted octanol–water partition coefficient (Wildman–Crippen LogP) is 8.65. The van der Waals surface area contributed by atoms with E-state index in [9.17, 15) is 0 Å². The topological polar surface area (TPSA) is 6.48 Å². The van der Waals surface area contributed by atoms with Gasteiger partial charge in [-0.15, -0.1) is 0 Å². The molecule has 5 rings (SSSR count). The van der Waals surface area contributed by atoms with Gasteiger partial charge in [0.15, 0.2) is 0 Å². The van der Waals surface area contributed by atoms with Gasteiger partial charge in [0.2, 0.25) is 0 Å². The summed E-state index contributed by atoms with van der Waals surface area (Å²) < 4.78 is 0. The zero-order chi connectivity index (χ0) is 20.1. The Morgan fingerprint density at radius 2 is 1.22 bits per heavy atom. The number of aryl methyl sites for hydroxylation is 1. The van der Waals surface area contributed by atoms with Crippen LogP contribution in [0.5, 0.6) is 0 Å². The molecule has 0 unspecified atom stereocenters. The smallest absolute Gasteiger partial charge is 0.358 e. The molecule has 1 heterocycles. The van der Waals surface area contributed by atoms with Crippen molar-refractivity contribution in [2.24, 2.45) is 0 Å². The fraction of sp³-hybridized carbons (Fsp3) is 0.448. The summed E-state index contributed by atoms with van der Waals surface area (Å²) in [6, 6.07) is 17.8. The van der Waals surface area contributed by atoms with Crippen molar-refractivity contribution in [1.29, 1.82) is 0 Å². The minimum absolute atomic E-state index is 0. The normalized spacial score (nSPS) is 19.5. The molecule has 32 heavy (non-hydrogen) atoms. The molecule has 2 aromatic rings. The van der Waals surface area contributed by atoms with Crippen molar-refractivity contribution in [3.8, 4) is 0 Å². The Hall–Kier alpha value is -1.58. The maximum Gasteiger partial charge on any atom is 2.00 e. The molecule has 1 atom stereocenters. The Labute approximate surface area is 211 Å². The molecule has 0 aromatic heterocycles. The quantitative estimate of drug-likeness (QED) is 0.322. The van der Waals surface area contributed by atoms with E-state index in [-0.39, 0.29) is 34.6 Å². The first kappa shape index (κ1) is 28.4. The minimum Gasteiger partial charge on any atom is -0.358 e. The van der Waals surface area contributed by atoms with E-state index >= 15 is 0 Å². The molecule has 0 radical (unpaired) electrons. The van der Waals surface area contributed by atoms with Gasteiger partial charge in [-0.2, -0.15) is 0 Å². The molecule has 0 bridgehead atoms.